The molecule has 0 bridgehead atoms. The van der Waals surface area contributed by atoms with Gasteiger partial charge >= 0.3 is 12.1 Å². The van der Waals surface area contributed by atoms with E-state index in [-0.39, 0.29) is 17.9 Å². The lowest BCUT2D eigenvalue weighted by molar-refractivity contribution is -0.384. The van der Waals surface area contributed by atoms with Crippen molar-refractivity contribution in [2.45, 2.75) is 18.8 Å². The number of hydrogen-bond donors (Lipinski definition) is 1. The maximum absolute atomic E-state index is 12.6. The van der Waals surface area contributed by atoms with Crippen molar-refractivity contribution in [2.75, 3.05) is 7.11 Å². The number of nitrogens with zero attached hydrogens (tertiary/aromatic N) is 2. The maximum atomic E-state index is 12.6. The third-order valence-electron chi connectivity index (χ3n) is 3.88. The van der Waals surface area contributed by atoms with Crippen LogP contribution in [0.15, 0.2) is 53.7 Å². The number of nitrogens with one attached hydrogen (secondary N) is 1. The fraction of sp³-hybridized carbons (Fsp3) is 0.211. The molecule has 1 amide bonds. The molecule has 2 aromatic carbocycles. The predicted molar refractivity (Wildman–Crippen MR) is 101 cm³/mol. The highest BCUT2D eigenvalue weighted by Gasteiger charge is 2.30. The second-order valence-corrected chi connectivity index (χ2v) is 6.00. The predicted octanol–water partition coefficient (Wildman–Crippen LogP) is 3.09. The maximum Gasteiger partial charge on any atom is 0.416 e. The molecule has 2 aromatic rings. The summed E-state index contributed by atoms with van der Waals surface area (Å²) >= 11 is 0. The Morgan fingerprint density at radius 1 is 1.16 bits per heavy atom. The summed E-state index contributed by atoms with van der Waals surface area (Å²) in [6, 6.07) is 7.52. The molecule has 9 nitrogen and oxygen atoms in total. The van der Waals surface area contributed by atoms with E-state index in [0.717, 1.165) is 37.6 Å². The molecule has 2 rings (SSSR count). The van der Waals surface area contributed by atoms with Gasteiger partial charge in [-0.05, 0) is 42.0 Å². The fourth-order valence-corrected chi connectivity index (χ4v) is 2.25. The summed E-state index contributed by atoms with van der Waals surface area (Å²) < 4.78 is 42.4. The Labute approximate surface area is 173 Å². The number of ether oxygens (including phenoxy) is 1. The monoisotopic (exact) mass is 439 g/mol. The number of methoxy groups -OCH3 is 1. The van der Waals surface area contributed by atoms with E-state index in [1.165, 1.54) is 24.3 Å². The number of nitro groups is 1. The Hall–Kier alpha value is -3.96. The van der Waals surface area contributed by atoms with Gasteiger partial charge in [-0.15, -0.1) is 0 Å². The second kappa shape index (κ2) is 10.2. The quantitative estimate of drug-likeness (QED) is 0.292. The first-order valence-electron chi connectivity index (χ1n) is 8.56. The molecule has 0 aliphatic carbocycles. The van der Waals surface area contributed by atoms with Crippen molar-refractivity contribution < 1.29 is 37.3 Å². The van der Waals surface area contributed by atoms with E-state index in [2.05, 4.69) is 15.2 Å². The Kier molecular flexibility index (Phi) is 7.66. The van der Waals surface area contributed by atoms with Crippen LogP contribution in [0.1, 0.15) is 21.5 Å². The number of carbonyl (C=O) groups is 2. The number of carbonyl (C=O) groups excluding carboxylic acids is 2. The number of hydrogen-bond acceptors (Lipinski definition) is 7. The molecular formula is C19H16F3N3O6. The highest BCUT2D eigenvalue weighted by molar-refractivity contribution is 6.02. The van der Waals surface area contributed by atoms with E-state index in [4.69, 9.17) is 4.84 Å². The van der Waals surface area contributed by atoms with Gasteiger partial charge in [0.25, 0.3) is 11.6 Å². The molecule has 0 aliphatic rings. The first kappa shape index (κ1) is 23.3. The van der Waals surface area contributed by atoms with Gasteiger partial charge in [0.2, 0.25) is 0 Å². The average Bonchev–Trinajstić information content (AvgIpc) is 2.75. The zero-order chi connectivity index (χ0) is 23.0. The van der Waals surface area contributed by atoms with Gasteiger partial charge in [0, 0.05) is 17.7 Å². The van der Waals surface area contributed by atoms with Gasteiger partial charge in [0.1, 0.15) is 6.61 Å². The second-order valence-electron chi connectivity index (χ2n) is 6.00. The van der Waals surface area contributed by atoms with Crippen LogP contribution in [0.25, 0.3) is 0 Å². The van der Waals surface area contributed by atoms with E-state index in [1.54, 1.807) is 0 Å². The van der Waals surface area contributed by atoms with E-state index >= 15 is 0 Å². The van der Waals surface area contributed by atoms with Crippen molar-refractivity contribution in [3.8, 4) is 0 Å². The molecule has 0 spiro atoms. The van der Waals surface area contributed by atoms with Crippen molar-refractivity contribution in [1.82, 2.24) is 5.32 Å². The van der Waals surface area contributed by atoms with Gasteiger partial charge in [-0.3, -0.25) is 14.9 Å². The molecule has 0 saturated carbocycles. The van der Waals surface area contributed by atoms with Crippen LogP contribution in [0.2, 0.25) is 0 Å². The van der Waals surface area contributed by atoms with Crippen LogP contribution in [0.4, 0.5) is 18.9 Å². The molecule has 0 saturated heterocycles. The third kappa shape index (κ3) is 6.80. The Morgan fingerprint density at radius 2 is 1.77 bits per heavy atom. The smallest absolute Gasteiger partial charge is 0.416 e. The van der Waals surface area contributed by atoms with Gasteiger partial charge in [0.05, 0.1) is 23.8 Å². The van der Waals surface area contributed by atoms with Crippen molar-refractivity contribution >= 4 is 23.8 Å². The number of alkyl halides is 3. The van der Waals surface area contributed by atoms with E-state index in [1.807, 2.05) is 0 Å². The van der Waals surface area contributed by atoms with Crippen molar-refractivity contribution in [3.05, 3.63) is 75.3 Å². The standard InChI is InChI=1S/C19H16F3N3O6/c1-30-18(27)16(10-23-31-11-12-2-8-15(9-3-12)25(28)29)24-17(26)13-4-6-14(7-5-13)19(20,21)22/h2-10,16H,11H2,1H3,(H,24,26). The van der Waals surface area contributed by atoms with Gasteiger partial charge in [-0.1, -0.05) is 5.16 Å². The summed E-state index contributed by atoms with van der Waals surface area (Å²) in [6.07, 6.45) is -3.60. The molecule has 31 heavy (non-hydrogen) atoms. The topological polar surface area (TPSA) is 120 Å². The molecule has 12 heteroatoms. The Morgan fingerprint density at radius 3 is 2.29 bits per heavy atom. The number of non-ortho nitro benzene ring substituents is 1. The molecule has 1 atom stereocenters. The minimum absolute atomic E-state index is 0.0742. The van der Waals surface area contributed by atoms with Crippen LogP contribution in [0.5, 0.6) is 0 Å². The Balaban J connectivity index is 1.98. The minimum atomic E-state index is -4.54. The molecule has 0 radical (unpaired) electrons. The summed E-state index contributed by atoms with van der Waals surface area (Å²) in [4.78, 5) is 39.1. The first-order valence-corrected chi connectivity index (χ1v) is 8.56. The first-order chi connectivity index (χ1) is 14.6. The molecule has 0 fully saturated rings. The fourth-order valence-electron chi connectivity index (χ4n) is 2.25. The highest BCUT2D eigenvalue weighted by atomic mass is 19.4. The van der Waals surface area contributed by atoms with Crippen LogP contribution >= 0.6 is 0 Å². The molecule has 1 unspecified atom stereocenters. The Bertz CT molecular complexity index is 959. The van der Waals surface area contributed by atoms with Crippen LogP contribution in [-0.2, 0) is 27.2 Å². The number of nitro benzene ring substituents is 1. The lowest BCUT2D eigenvalue weighted by Gasteiger charge is -2.13. The summed E-state index contributed by atoms with van der Waals surface area (Å²) in [5.41, 5.74) is -0.563. The van der Waals surface area contributed by atoms with E-state index in [9.17, 15) is 32.9 Å². The van der Waals surface area contributed by atoms with Gasteiger partial charge in [0.15, 0.2) is 6.04 Å². The summed E-state index contributed by atoms with van der Waals surface area (Å²) in [6.45, 7) is -0.0742. The number of amides is 1. The summed E-state index contributed by atoms with van der Waals surface area (Å²) in [5.74, 6) is -1.71. The van der Waals surface area contributed by atoms with E-state index in [0.29, 0.717) is 5.56 Å². The van der Waals surface area contributed by atoms with Gasteiger partial charge in [-0.2, -0.15) is 13.2 Å². The average molecular weight is 439 g/mol. The number of esters is 1. The SMILES string of the molecule is COC(=O)C(C=NOCc1ccc([N+](=O)[O-])cc1)NC(=O)c1ccc(C(F)(F)F)cc1. The normalized spacial score (nSPS) is 12.3. The minimum Gasteiger partial charge on any atom is -0.467 e. The van der Waals surface area contributed by atoms with Crippen LogP contribution < -0.4 is 5.32 Å². The largest absolute Gasteiger partial charge is 0.467 e. The molecule has 0 heterocycles. The van der Waals surface area contributed by atoms with Crippen LogP contribution in [0.3, 0.4) is 0 Å². The van der Waals surface area contributed by atoms with Crippen molar-refractivity contribution in [3.63, 3.8) is 0 Å². The summed E-state index contributed by atoms with van der Waals surface area (Å²) in [5, 5.41) is 16.4. The molecule has 0 aromatic heterocycles. The van der Waals surface area contributed by atoms with Crippen molar-refractivity contribution in [2.24, 2.45) is 5.16 Å². The zero-order valence-electron chi connectivity index (χ0n) is 16.0. The molecule has 0 aliphatic heterocycles. The lowest BCUT2D eigenvalue weighted by atomic mass is 10.1. The third-order valence-corrected chi connectivity index (χ3v) is 3.88. The number of oxime groups is 1. The van der Waals surface area contributed by atoms with Crippen LogP contribution in [0, 0.1) is 10.1 Å². The molecular weight excluding hydrogens is 423 g/mol. The zero-order valence-corrected chi connectivity index (χ0v) is 16.0. The lowest BCUT2D eigenvalue weighted by Crippen LogP contribution is -2.42. The molecule has 164 valence electrons. The van der Waals surface area contributed by atoms with Gasteiger partial charge in [-0.25, -0.2) is 4.79 Å². The summed E-state index contributed by atoms with van der Waals surface area (Å²) in [7, 11) is 1.07. The van der Waals surface area contributed by atoms with E-state index < -0.39 is 34.6 Å². The van der Waals surface area contributed by atoms with Gasteiger partial charge < -0.3 is 14.9 Å². The van der Waals surface area contributed by atoms with Crippen molar-refractivity contribution in [1.29, 1.82) is 0 Å². The number of rotatable bonds is 8. The molecule has 1 N–H and O–H groups in total. The highest BCUT2D eigenvalue weighted by Crippen LogP contribution is 2.29. The van der Waals surface area contributed by atoms with Crippen LogP contribution in [-0.4, -0.2) is 36.2 Å². The number of halogens is 3. The number of benzene rings is 2.